The minimum absolute atomic E-state index is 0.162. The van der Waals surface area contributed by atoms with Gasteiger partial charge in [0, 0.05) is 18.9 Å². The highest BCUT2D eigenvalue weighted by Crippen LogP contribution is 2.33. The van der Waals surface area contributed by atoms with Crippen molar-refractivity contribution in [3.05, 3.63) is 35.5 Å². The highest BCUT2D eigenvalue weighted by atomic mass is 35.5. The van der Waals surface area contributed by atoms with Crippen molar-refractivity contribution >= 4 is 29.5 Å². The highest BCUT2D eigenvalue weighted by Gasteiger charge is 2.42. The van der Waals surface area contributed by atoms with Crippen LogP contribution in [-0.2, 0) is 9.53 Å². The van der Waals surface area contributed by atoms with Crippen molar-refractivity contribution in [2.45, 2.75) is 80.0 Å². The van der Waals surface area contributed by atoms with Crippen molar-refractivity contribution in [3.8, 4) is 0 Å². The molecule has 4 nitrogen and oxygen atoms in total. The Morgan fingerprint density at radius 3 is 2.73 bits per heavy atom. The van der Waals surface area contributed by atoms with Crippen LogP contribution in [-0.4, -0.2) is 59.5 Å². The van der Waals surface area contributed by atoms with Crippen LogP contribution in [0.15, 0.2) is 35.5 Å². The lowest BCUT2D eigenvalue weighted by atomic mass is 9.87. The molecule has 0 saturated carbocycles. The van der Waals surface area contributed by atoms with E-state index in [4.69, 9.17) is 27.9 Å². The predicted octanol–water partition coefficient (Wildman–Crippen LogP) is 4.14. The number of hydrogen-bond donors (Lipinski definition) is 2. The molecular weight excluding hydrogens is 435 g/mol. The summed E-state index contributed by atoms with van der Waals surface area (Å²) in [6, 6.07) is -0.257. The topological polar surface area (TPSA) is 58.6 Å². The minimum atomic E-state index is -1.52. The third kappa shape index (κ3) is 6.13. The maximum atomic E-state index is 15.2. The first-order valence-electron chi connectivity index (χ1n) is 10.5. The van der Waals surface area contributed by atoms with E-state index in [9.17, 15) is 14.3 Å². The molecular formula is C22H29Cl2F2NO3. The fraction of sp³-hybridized carbons (Fsp3) is 0.682. The van der Waals surface area contributed by atoms with Crippen LogP contribution in [0.4, 0.5) is 8.78 Å². The molecule has 0 spiro atoms. The van der Waals surface area contributed by atoms with Crippen molar-refractivity contribution in [3.63, 3.8) is 0 Å². The molecule has 168 valence electrons. The second-order valence-electron chi connectivity index (χ2n) is 8.26. The van der Waals surface area contributed by atoms with Gasteiger partial charge in [-0.25, -0.2) is 8.78 Å². The zero-order valence-electron chi connectivity index (χ0n) is 16.7. The third-order valence-corrected chi connectivity index (χ3v) is 6.91. The van der Waals surface area contributed by atoms with Gasteiger partial charge in [-0.15, -0.1) is 23.2 Å². The number of rotatable bonds is 8. The summed E-state index contributed by atoms with van der Waals surface area (Å²) >= 11 is 12.7. The fourth-order valence-electron chi connectivity index (χ4n) is 4.31. The number of carbonyl (C=O) groups excluding carboxylic acids is 1. The number of allylic oxidation sites excluding steroid dienone is 3. The van der Waals surface area contributed by atoms with Gasteiger partial charge in [0.25, 0.3) is 0 Å². The lowest BCUT2D eigenvalue weighted by molar-refractivity contribution is -0.107. The second kappa shape index (κ2) is 11.2. The Morgan fingerprint density at radius 2 is 2.03 bits per heavy atom. The number of nitrogens with one attached hydrogen (secondary N) is 1. The lowest BCUT2D eigenvalue weighted by Crippen LogP contribution is -2.54. The van der Waals surface area contributed by atoms with E-state index in [0.29, 0.717) is 38.5 Å². The summed E-state index contributed by atoms with van der Waals surface area (Å²) in [6.45, 7) is 0.162. The molecule has 8 heteroatoms. The van der Waals surface area contributed by atoms with Crippen LogP contribution in [0.25, 0.3) is 0 Å². The number of halogens is 4. The van der Waals surface area contributed by atoms with E-state index in [0.717, 1.165) is 17.4 Å². The van der Waals surface area contributed by atoms with Gasteiger partial charge in [0.15, 0.2) is 0 Å². The Bertz CT molecular complexity index is 687. The zero-order chi connectivity index (χ0) is 21.7. The molecule has 2 N–H and O–H groups in total. The van der Waals surface area contributed by atoms with E-state index < -0.39 is 41.3 Å². The van der Waals surface area contributed by atoms with E-state index in [2.05, 4.69) is 5.32 Å². The molecule has 3 aliphatic carbocycles. The molecule has 0 aromatic heterocycles. The number of hydrogen-bond acceptors (Lipinski definition) is 4. The highest BCUT2D eigenvalue weighted by molar-refractivity contribution is 6.22. The molecule has 0 saturated heterocycles. The van der Waals surface area contributed by atoms with Crippen molar-refractivity contribution in [1.82, 2.24) is 5.32 Å². The molecule has 0 aliphatic heterocycles. The molecule has 0 heterocycles. The van der Waals surface area contributed by atoms with Gasteiger partial charge >= 0.3 is 0 Å². The quantitative estimate of drug-likeness (QED) is 0.245. The molecule has 0 radical (unpaired) electrons. The smallest absolute Gasteiger partial charge is 0.138 e. The molecule has 0 bridgehead atoms. The first-order chi connectivity index (χ1) is 14.4. The van der Waals surface area contributed by atoms with Crippen molar-refractivity contribution in [1.29, 1.82) is 0 Å². The van der Waals surface area contributed by atoms with Crippen LogP contribution in [0.5, 0.6) is 0 Å². The van der Waals surface area contributed by atoms with Crippen molar-refractivity contribution in [2.75, 3.05) is 6.61 Å². The van der Waals surface area contributed by atoms with Gasteiger partial charge in [0.05, 0.1) is 23.3 Å². The summed E-state index contributed by atoms with van der Waals surface area (Å²) in [5, 5.41) is 12.6. The number of aldehydes is 1. The van der Waals surface area contributed by atoms with Gasteiger partial charge in [0.1, 0.15) is 31.0 Å². The van der Waals surface area contributed by atoms with Crippen LogP contribution < -0.4 is 5.32 Å². The summed E-state index contributed by atoms with van der Waals surface area (Å²) < 4.78 is 34.5. The number of aliphatic hydroxyl groups excluding tert-OH is 1. The van der Waals surface area contributed by atoms with E-state index in [1.165, 1.54) is 0 Å². The Hall–Kier alpha value is -0.790. The second-order valence-corrected chi connectivity index (χ2v) is 9.27. The molecule has 8 atom stereocenters. The average Bonchev–Trinajstić information content (AvgIpc) is 2.70. The SMILES string of the molecule is O=CCC1=CC(Cl)C(NC(O)C2C(Cl)C=CC(OCC3=CCCC(F)C3)C2F)CC1. The Morgan fingerprint density at radius 1 is 1.23 bits per heavy atom. The van der Waals surface area contributed by atoms with Gasteiger partial charge in [-0.1, -0.05) is 29.9 Å². The molecule has 3 aliphatic rings. The molecule has 8 unspecified atom stereocenters. The van der Waals surface area contributed by atoms with Crippen LogP contribution in [0.1, 0.15) is 38.5 Å². The van der Waals surface area contributed by atoms with Crippen LogP contribution in [0, 0.1) is 5.92 Å². The van der Waals surface area contributed by atoms with Crippen LogP contribution in [0.3, 0.4) is 0 Å². The Kier molecular flexibility index (Phi) is 8.90. The standard InChI is InChI=1S/C22H29Cl2F2NO3/c23-16-5-7-19(30-12-14-2-1-3-15(25)10-14)21(26)20(16)22(29)27-18-6-4-13(8-9-28)11-17(18)24/h2,5,7,9,11,15-22,27,29H,1,3-4,6,8,10,12H2. The van der Waals surface area contributed by atoms with Gasteiger partial charge in [-0.3, -0.25) is 5.32 Å². The lowest BCUT2D eigenvalue weighted by Gasteiger charge is -2.38. The molecule has 0 amide bonds. The third-order valence-electron chi connectivity index (χ3n) is 6.04. The normalized spacial score (nSPS) is 38.0. The van der Waals surface area contributed by atoms with Crippen LogP contribution >= 0.6 is 23.2 Å². The number of ether oxygens (including phenoxy) is 1. The first kappa shape index (κ1) is 23.9. The van der Waals surface area contributed by atoms with Crippen molar-refractivity contribution in [2.24, 2.45) is 5.92 Å². The number of aliphatic hydroxyl groups is 1. The minimum Gasteiger partial charge on any atom is -0.378 e. The Balaban J connectivity index is 1.57. The zero-order valence-corrected chi connectivity index (χ0v) is 18.2. The summed E-state index contributed by atoms with van der Waals surface area (Å²) in [5.41, 5.74) is 1.81. The maximum absolute atomic E-state index is 15.2. The monoisotopic (exact) mass is 463 g/mol. The molecule has 3 rings (SSSR count). The van der Waals surface area contributed by atoms with Crippen molar-refractivity contribution < 1.29 is 23.4 Å². The maximum Gasteiger partial charge on any atom is 0.138 e. The van der Waals surface area contributed by atoms with Gasteiger partial charge in [-0.05, 0) is 31.3 Å². The summed E-state index contributed by atoms with van der Waals surface area (Å²) in [7, 11) is 0. The van der Waals surface area contributed by atoms with Gasteiger partial charge in [-0.2, -0.15) is 0 Å². The number of alkyl halides is 4. The van der Waals surface area contributed by atoms with Gasteiger partial charge < -0.3 is 14.6 Å². The van der Waals surface area contributed by atoms with E-state index in [1.54, 1.807) is 12.2 Å². The summed E-state index contributed by atoms with van der Waals surface area (Å²) in [5.74, 6) is -0.917. The molecule has 0 aromatic carbocycles. The molecule has 30 heavy (non-hydrogen) atoms. The number of carbonyl (C=O) groups is 1. The first-order valence-corrected chi connectivity index (χ1v) is 11.4. The fourth-order valence-corrected chi connectivity index (χ4v) is 5.05. The Labute approximate surface area is 186 Å². The molecule has 0 fully saturated rings. The van der Waals surface area contributed by atoms with E-state index >= 15 is 4.39 Å². The van der Waals surface area contributed by atoms with E-state index in [1.807, 2.05) is 12.2 Å². The largest absolute Gasteiger partial charge is 0.378 e. The van der Waals surface area contributed by atoms with E-state index in [-0.39, 0.29) is 12.6 Å². The molecule has 0 aromatic rings. The predicted molar refractivity (Wildman–Crippen MR) is 114 cm³/mol. The summed E-state index contributed by atoms with van der Waals surface area (Å²) in [4.78, 5) is 10.7. The van der Waals surface area contributed by atoms with Crippen LogP contribution in [0.2, 0.25) is 0 Å². The average molecular weight is 464 g/mol. The summed E-state index contributed by atoms with van der Waals surface area (Å²) in [6.07, 6.45) is 6.51. The van der Waals surface area contributed by atoms with Gasteiger partial charge in [0.2, 0.25) is 0 Å².